The fraction of sp³-hybridized carbons (Fsp3) is 0. The first-order valence-electron chi connectivity index (χ1n) is 0.683. The van der Waals surface area contributed by atoms with Crippen LogP contribution in [0.3, 0.4) is 0 Å². The van der Waals surface area contributed by atoms with Gasteiger partial charge >= 0.3 is 34.1 Å². The van der Waals surface area contributed by atoms with Crippen LogP contribution in [-0.4, -0.2) is 17.5 Å². The Hall–Kier alpha value is 2.07. The second kappa shape index (κ2) is 22.7. The van der Waals surface area contributed by atoms with Crippen LogP contribution < -0.4 is 37.2 Å². The smallest absolute Gasteiger partial charge is 1.00 e. The van der Waals surface area contributed by atoms with E-state index in [1.165, 1.54) is 0 Å². The summed E-state index contributed by atoms with van der Waals surface area (Å²) in [7, 11) is -4.92. The summed E-state index contributed by atoms with van der Waals surface area (Å²) in [5, 5.41) is 0. The molecule has 0 saturated heterocycles. The molecule has 0 aliphatic heterocycles. The van der Waals surface area contributed by atoms with Crippen LogP contribution in [0.15, 0.2) is 0 Å². The Morgan fingerprint density at radius 2 is 1.09 bits per heavy atom. The molecule has 0 heterocycles. The number of hydrogen-bond acceptors (Lipinski definition) is 3. The van der Waals surface area contributed by atoms with Gasteiger partial charge in [0.25, 0.3) is 0 Å². The van der Waals surface area contributed by atoms with Crippen LogP contribution in [0.1, 0.15) is 0 Å². The van der Waals surface area contributed by atoms with E-state index in [0.29, 0.717) is 0 Å². The Morgan fingerprint density at radius 3 is 1.09 bits per heavy atom. The topological polar surface area (TPSA) is 77.4 Å². The molecule has 0 amide bonds. The summed E-state index contributed by atoms with van der Waals surface area (Å²) < 4.78 is 32.8. The van der Waals surface area contributed by atoms with Crippen molar-refractivity contribution in [2.45, 2.75) is 0 Å². The Kier molecular flexibility index (Phi) is 107. The van der Waals surface area contributed by atoms with Crippen LogP contribution in [0.25, 0.3) is 0 Å². The van der Waals surface area contributed by atoms with Gasteiger partial charge in [-0.05, 0) is 0 Å². The minimum absolute atomic E-state index is 0. The van der Waals surface area contributed by atoms with Crippen molar-refractivity contribution in [3.63, 3.8) is 0 Å². The summed E-state index contributed by atoms with van der Waals surface area (Å²) in [6.07, 6.45) is 0. The maximum absolute atomic E-state index is 8.63. The molecule has 11 heavy (non-hydrogen) atoms. The first-order chi connectivity index (χ1) is 2.00. The second-order valence-electron chi connectivity index (χ2n) is 0.428. The van der Waals surface area contributed by atoms with Gasteiger partial charge in [0.15, 0.2) is 0 Å². The predicted molar refractivity (Wildman–Crippen MR) is 19.6 cm³/mol. The van der Waals surface area contributed by atoms with Gasteiger partial charge in [0.1, 0.15) is 0 Å². The van der Waals surface area contributed by atoms with Gasteiger partial charge in [0.05, 0.1) is 0 Å². The third kappa shape index (κ3) is 286. The summed E-state index contributed by atoms with van der Waals surface area (Å²) >= 11 is 0. The summed E-state index contributed by atoms with van der Waals surface area (Å²) in [4.78, 5) is 0. The van der Waals surface area contributed by atoms with Crippen LogP contribution in [0.2, 0.25) is 0 Å². The van der Waals surface area contributed by atoms with E-state index in [-0.39, 0.29) is 83.8 Å². The van der Waals surface area contributed by atoms with Crippen molar-refractivity contribution in [1.82, 2.24) is 0 Å². The quantitative estimate of drug-likeness (QED) is 0.265. The zero-order chi connectivity index (χ0) is 4.50. The van der Waals surface area contributed by atoms with E-state index in [4.69, 9.17) is 17.5 Å². The van der Waals surface area contributed by atoms with E-state index in [1.54, 1.807) is 0 Å². The molecule has 1 N–H and O–H groups in total. The van der Waals surface area contributed by atoms with E-state index < -0.39 is 10.4 Å². The Labute approximate surface area is 111 Å². The predicted octanol–water partition coefficient (Wildman–Crippen LogP) is -9.57. The molecule has 0 aromatic heterocycles. The van der Waals surface area contributed by atoms with Crippen molar-refractivity contribution < 1.29 is 88.9 Å². The molecular weight excluding hydrogens is 357 g/mol. The van der Waals surface area contributed by atoms with Crippen molar-refractivity contribution in [1.29, 1.82) is 0 Å². The first-order valence-corrected chi connectivity index (χ1v) is 2.05. The van der Waals surface area contributed by atoms with Crippen molar-refractivity contribution >= 4 is 22.8 Å². The molecule has 1 radical (unpaired) electrons. The Balaban J connectivity index is -0.00000000533. The third-order valence-electron chi connectivity index (χ3n) is 0. The van der Waals surface area contributed by atoms with E-state index in [2.05, 4.69) is 0 Å². The standard InChI is InChI=1S/4ClH.Cu.Fe.H2O4S/c;;;;;;1-5(2,3)4/h4*1H;;;(H2,1,2,3,4)/q;;;;2*+2;/p-4. The fourth-order valence-electron chi connectivity index (χ4n) is 0. The molecule has 11 heteroatoms. The molecule has 0 aromatic carbocycles. The fourth-order valence-corrected chi connectivity index (χ4v) is 0. The van der Waals surface area contributed by atoms with Crippen LogP contribution in [-0.2, 0) is 44.5 Å². The van der Waals surface area contributed by atoms with Gasteiger partial charge < -0.3 is 41.8 Å². The van der Waals surface area contributed by atoms with Gasteiger partial charge in [0, 0.05) is 0 Å². The van der Waals surface area contributed by atoms with Crippen molar-refractivity contribution in [3.8, 4) is 0 Å². The summed E-state index contributed by atoms with van der Waals surface area (Å²) in [6, 6.07) is 0. The summed E-state index contributed by atoms with van der Waals surface area (Å²) in [5.41, 5.74) is 0. The maximum atomic E-state index is 8.63. The average Bonchev–Trinajstić information content (AvgIpc) is 0.722. The second-order valence-corrected chi connectivity index (χ2v) is 1.28. The largest absolute Gasteiger partial charge is 2.00 e. The SMILES string of the molecule is Cl.O=S(=O)([O-])O.[Cl-].[Cl-].[Cl-].[Cu+2].[Fe+2]. The molecule has 4 nitrogen and oxygen atoms in total. The zero-order valence-electron chi connectivity index (χ0n) is 4.28. The van der Waals surface area contributed by atoms with Crippen molar-refractivity contribution in [3.05, 3.63) is 0 Å². The van der Waals surface area contributed by atoms with E-state index >= 15 is 0 Å². The number of halogens is 4. The Morgan fingerprint density at radius 1 is 1.09 bits per heavy atom. The molecule has 0 fully saturated rings. The molecule has 0 unspecified atom stereocenters. The summed E-state index contributed by atoms with van der Waals surface area (Å²) in [5.74, 6) is 0. The molecular formula is H2Cl4CuFeO4S. The van der Waals surface area contributed by atoms with Crippen LogP contribution in [0.4, 0.5) is 0 Å². The van der Waals surface area contributed by atoms with Crippen molar-refractivity contribution in [2.75, 3.05) is 0 Å². The molecule has 0 aromatic rings. The molecule has 0 aliphatic carbocycles. The van der Waals surface area contributed by atoms with Gasteiger partial charge in [-0.1, -0.05) is 0 Å². The molecule has 0 aliphatic rings. The number of rotatable bonds is 0. The number of hydrogen-bond donors (Lipinski definition) is 1. The normalized spacial score (nSPS) is 5.27. The van der Waals surface area contributed by atoms with E-state index in [0.717, 1.165) is 0 Å². The molecule has 0 saturated carbocycles. The monoisotopic (exact) mass is 357 g/mol. The van der Waals surface area contributed by atoms with Crippen LogP contribution in [0, 0.1) is 0 Å². The molecule has 0 bridgehead atoms. The zero-order valence-corrected chi connectivity index (χ0v) is 10.2. The minimum atomic E-state index is -4.92. The van der Waals surface area contributed by atoms with Gasteiger partial charge in [-0.2, -0.15) is 0 Å². The van der Waals surface area contributed by atoms with Gasteiger partial charge in [-0.3, -0.25) is 4.55 Å². The Bertz CT molecular complexity index is 105. The molecule has 0 atom stereocenters. The van der Waals surface area contributed by atoms with E-state index in [9.17, 15) is 0 Å². The summed E-state index contributed by atoms with van der Waals surface area (Å²) in [6.45, 7) is 0. The van der Waals surface area contributed by atoms with E-state index in [1.807, 2.05) is 0 Å². The van der Waals surface area contributed by atoms with Gasteiger partial charge in [-0.15, -0.1) is 12.4 Å². The average molecular weight is 359 g/mol. The first kappa shape index (κ1) is 51.7. The molecule has 0 rings (SSSR count). The third-order valence-corrected chi connectivity index (χ3v) is 0. The van der Waals surface area contributed by atoms with Crippen LogP contribution in [0.5, 0.6) is 0 Å². The minimum Gasteiger partial charge on any atom is -1.00 e. The van der Waals surface area contributed by atoms with Gasteiger partial charge in [0.2, 0.25) is 10.4 Å². The molecule has 0 spiro atoms. The maximum Gasteiger partial charge on any atom is 2.00 e. The molecule has 79 valence electrons. The van der Waals surface area contributed by atoms with Crippen molar-refractivity contribution in [2.24, 2.45) is 0 Å². The van der Waals surface area contributed by atoms with Gasteiger partial charge in [-0.25, -0.2) is 8.42 Å². The van der Waals surface area contributed by atoms with Crippen LogP contribution >= 0.6 is 12.4 Å².